The van der Waals surface area contributed by atoms with Crippen molar-refractivity contribution in [2.24, 2.45) is 5.73 Å². The smallest absolute Gasteiger partial charge is 0.456 e. The second kappa shape index (κ2) is 6.07. The summed E-state index contributed by atoms with van der Waals surface area (Å²) in [5, 5.41) is 8.62. The molecule has 0 saturated heterocycles. The number of esters is 1. The highest BCUT2D eigenvalue weighted by Crippen LogP contribution is 2.35. The van der Waals surface area contributed by atoms with Crippen LogP contribution in [0.25, 0.3) is 0 Å². The van der Waals surface area contributed by atoms with Gasteiger partial charge < -0.3 is 25.4 Å². The normalized spacial score (nSPS) is 13.7. The van der Waals surface area contributed by atoms with E-state index in [1.54, 1.807) is 0 Å². The molecular weight excluding hydrogens is 217 g/mol. The number of phosphoric ester groups is 1. The Morgan fingerprint density at radius 2 is 2.07 bits per heavy atom. The van der Waals surface area contributed by atoms with Gasteiger partial charge in [0.05, 0.1) is 19.8 Å². The maximum Gasteiger partial charge on any atom is 0.469 e. The van der Waals surface area contributed by atoms with Crippen molar-refractivity contribution in [1.29, 1.82) is 0 Å². The van der Waals surface area contributed by atoms with E-state index in [-0.39, 0.29) is 6.54 Å². The van der Waals surface area contributed by atoms with E-state index >= 15 is 0 Å². The number of ether oxygens (including phenoxy) is 1. The maximum absolute atomic E-state index is 10.6. The first-order chi connectivity index (χ1) is 6.39. The minimum atomic E-state index is -4.62. The molecule has 8 nitrogen and oxygen atoms in total. The van der Waals surface area contributed by atoms with E-state index in [4.69, 9.17) is 20.6 Å². The van der Waals surface area contributed by atoms with Crippen LogP contribution < -0.4 is 5.73 Å². The van der Waals surface area contributed by atoms with Crippen molar-refractivity contribution in [3.8, 4) is 0 Å². The quantitative estimate of drug-likeness (QED) is 0.301. The van der Waals surface area contributed by atoms with Gasteiger partial charge >= 0.3 is 13.8 Å². The fraction of sp³-hybridized carbons (Fsp3) is 0.800. The third-order valence-electron chi connectivity index (χ3n) is 1.10. The van der Waals surface area contributed by atoms with Gasteiger partial charge in [-0.1, -0.05) is 0 Å². The Balaban J connectivity index is 3.92. The zero-order valence-electron chi connectivity index (χ0n) is 7.20. The van der Waals surface area contributed by atoms with Crippen molar-refractivity contribution < 1.29 is 33.5 Å². The molecule has 5 N–H and O–H groups in total. The Hall–Kier alpha value is -0.500. The predicted molar refractivity (Wildman–Crippen MR) is 44.0 cm³/mol. The van der Waals surface area contributed by atoms with Gasteiger partial charge in [-0.3, -0.25) is 9.32 Å². The van der Waals surface area contributed by atoms with E-state index < -0.39 is 33.1 Å². The van der Waals surface area contributed by atoms with Gasteiger partial charge in [0.2, 0.25) is 0 Å². The second-order valence-electron chi connectivity index (χ2n) is 2.28. The molecule has 0 amide bonds. The molecule has 0 heterocycles. The molecule has 1 unspecified atom stereocenters. The minimum absolute atomic E-state index is 0.383. The van der Waals surface area contributed by atoms with Gasteiger partial charge in [0.25, 0.3) is 0 Å². The number of carbonyl (C=O) groups excluding carboxylic acids is 1. The fourth-order valence-electron chi connectivity index (χ4n) is 0.538. The molecule has 9 heteroatoms. The molecule has 1 atom stereocenters. The van der Waals surface area contributed by atoms with Gasteiger partial charge in [-0.25, -0.2) is 4.57 Å². The third-order valence-corrected chi connectivity index (χ3v) is 1.58. The highest BCUT2D eigenvalue weighted by Gasteiger charge is 2.20. The largest absolute Gasteiger partial charge is 0.469 e. The van der Waals surface area contributed by atoms with Crippen LogP contribution in [0.3, 0.4) is 0 Å². The second-order valence-corrected chi connectivity index (χ2v) is 3.52. The molecule has 14 heavy (non-hydrogen) atoms. The molecule has 0 aromatic rings. The lowest BCUT2D eigenvalue weighted by Crippen LogP contribution is -2.30. The van der Waals surface area contributed by atoms with Gasteiger partial charge in [-0.2, -0.15) is 0 Å². The van der Waals surface area contributed by atoms with Crippen LogP contribution in [0.2, 0.25) is 0 Å². The molecule has 0 aromatic carbocycles. The summed E-state index contributed by atoms with van der Waals surface area (Å²) in [6.45, 7) is -1.58. The Bertz CT molecular complexity index is 226. The van der Waals surface area contributed by atoms with Crippen LogP contribution in [0, 0.1) is 0 Å². The van der Waals surface area contributed by atoms with Crippen LogP contribution in [0.5, 0.6) is 0 Å². The van der Waals surface area contributed by atoms with E-state index in [0.29, 0.717) is 0 Å². The van der Waals surface area contributed by atoms with E-state index in [2.05, 4.69) is 9.26 Å². The fourth-order valence-corrected chi connectivity index (χ4v) is 0.899. The van der Waals surface area contributed by atoms with Gasteiger partial charge in [-0.15, -0.1) is 0 Å². The molecule has 0 bridgehead atoms. The highest BCUT2D eigenvalue weighted by molar-refractivity contribution is 7.46. The van der Waals surface area contributed by atoms with Crippen molar-refractivity contribution in [2.45, 2.75) is 6.10 Å². The SMILES string of the molecule is NCC(=O)OC(CO)COP(=O)(O)O. The Morgan fingerprint density at radius 3 is 2.43 bits per heavy atom. The van der Waals surface area contributed by atoms with Gasteiger partial charge in [0.1, 0.15) is 6.10 Å². The van der Waals surface area contributed by atoms with E-state index in [1.807, 2.05) is 0 Å². The zero-order chi connectivity index (χ0) is 11.2. The van der Waals surface area contributed by atoms with Gasteiger partial charge in [0, 0.05) is 0 Å². The molecule has 0 aliphatic heterocycles. The minimum Gasteiger partial charge on any atom is -0.456 e. The van der Waals surface area contributed by atoms with Gasteiger partial charge in [-0.05, 0) is 0 Å². The lowest BCUT2D eigenvalue weighted by Gasteiger charge is -2.15. The maximum atomic E-state index is 10.6. The first-order valence-electron chi connectivity index (χ1n) is 3.59. The van der Waals surface area contributed by atoms with Crippen molar-refractivity contribution in [3.63, 3.8) is 0 Å². The summed E-state index contributed by atoms with van der Waals surface area (Å²) < 4.78 is 18.7. The summed E-state index contributed by atoms with van der Waals surface area (Å²) in [5.74, 6) is -0.793. The van der Waals surface area contributed by atoms with Crippen molar-refractivity contribution >= 4 is 13.8 Å². The Kier molecular flexibility index (Phi) is 5.86. The molecule has 0 radical (unpaired) electrons. The van der Waals surface area contributed by atoms with E-state index in [9.17, 15) is 9.36 Å². The summed E-state index contributed by atoms with van der Waals surface area (Å²) in [6.07, 6.45) is -1.13. The summed E-state index contributed by atoms with van der Waals surface area (Å²) in [6, 6.07) is 0. The highest BCUT2D eigenvalue weighted by atomic mass is 31.2. The molecule has 0 aliphatic rings. The number of hydrogen-bond acceptors (Lipinski definition) is 6. The van der Waals surface area contributed by atoms with Gasteiger partial charge in [0.15, 0.2) is 0 Å². The first-order valence-corrected chi connectivity index (χ1v) is 5.12. The lowest BCUT2D eigenvalue weighted by atomic mass is 10.4. The molecule has 0 aromatic heterocycles. The van der Waals surface area contributed by atoms with Crippen molar-refractivity contribution in [3.05, 3.63) is 0 Å². The monoisotopic (exact) mass is 229 g/mol. The zero-order valence-corrected chi connectivity index (χ0v) is 8.09. The number of phosphoric acid groups is 1. The predicted octanol–water partition coefficient (Wildman–Crippen LogP) is -2.04. The number of aliphatic hydroxyl groups excluding tert-OH is 1. The third kappa shape index (κ3) is 6.96. The lowest BCUT2D eigenvalue weighted by molar-refractivity contribution is -0.151. The van der Waals surface area contributed by atoms with Crippen molar-refractivity contribution in [1.82, 2.24) is 0 Å². The number of rotatable bonds is 6. The number of aliphatic hydroxyl groups is 1. The number of hydrogen-bond donors (Lipinski definition) is 4. The first kappa shape index (κ1) is 13.5. The summed E-state index contributed by atoms with van der Waals surface area (Å²) in [4.78, 5) is 27.2. The Morgan fingerprint density at radius 1 is 1.50 bits per heavy atom. The van der Waals surface area contributed by atoms with Crippen LogP contribution in [-0.4, -0.2) is 46.7 Å². The van der Waals surface area contributed by atoms with Crippen LogP contribution in [0.1, 0.15) is 0 Å². The average Bonchev–Trinajstić information content (AvgIpc) is 2.10. The summed E-state index contributed by atoms with van der Waals surface area (Å²) in [7, 11) is -4.62. The summed E-state index contributed by atoms with van der Waals surface area (Å²) in [5.41, 5.74) is 4.91. The van der Waals surface area contributed by atoms with E-state index in [0.717, 1.165) is 0 Å². The summed E-state index contributed by atoms with van der Waals surface area (Å²) >= 11 is 0. The van der Waals surface area contributed by atoms with Crippen molar-refractivity contribution in [2.75, 3.05) is 19.8 Å². The molecule has 0 rings (SSSR count). The van der Waals surface area contributed by atoms with Crippen LogP contribution in [0.4, 0.5) is 0 Å². The van der Waals surface area contributed by atoms with E-state index in [1.165, 1.54) is 0 Å². The standard InChI is InChI=1S/C5H12NO7P/c6-1-5(8)13-4(2-7)3-12-14(9,10)11/h4,7H,1-3,6H2,(H2,9,10,11). The number of carbonyl (C=O) groups is 1. The topological polar surface area (TPSA) is 139 Å². The number of nitrogens with two attached hydrogens (primary N) is 1. The van der Waals surface area contributed by atoms with Crippen LogP contribution in [0.15, 0.2) is 0 Å². The van der Waals surface area contributed by atoms with Crippen LogP contribution >= 0.6 is 7.82 Å². The molecule has 84 valence electrons. The molecule has 0 fully saturated rings. The Labute approximate surface area is 79.9 Å². The van der Waals surface area contributed by atoms with Crippen LogP contribution in [-0.2, 0) is 18.6 Å². The molecule has 0 aliphatic carbocycles. The molecule has 0 spiro atoms. The average molecular weight is 229 g/mol. The molecular formula is C5H12NO7P. The molecule has 0 saturated carbocycles.